The number of aliphatic carboxylic acids is 4. The van der Waals surface area contributed by atoms with Gasteiger partial charge in [-0.1, -0.05) is 24.3 Å². The molecule has 0 spiro atoms. The Kier molecular flexibility index (Phi) is 6.35. The number of benzene rings is 1. The number of carboxylic acid groups (broad SMARTS) is 4. The van der Waals surface area contributed by atoms with Crippen molar-refractivity contribution >= 4 is 35.4 Å². The Morgan fingerprint density at radius 1 is 0.679 bits per heavy atom. The van der Waals surface area contributed by atoms with E-state index in [1.165, 1.54) is 12.1 Å². The maximum atomic E-state index is 12.7. The van der Waals surface area contributed by atoms with Crippen LogP contribution < -0.4 is 11.5 Å². The van der Waals surface area contributed by atoms with E-state index in [1.807, 2.05) is 0 Å². The van der Waals surface area contributed by atoms with Crippen LogP contribution in [0.4, 0.5) is 0 Å². The van der Waals surface area contributed by atoms with Gasteiger partial charge < -0.3 is 31.9 Å². The number of hydrogen-bond donors (Lipinski definition) is 6. The van der Waals surface area contributed by atoms with Crippen LogP contribution in [0, 0.1) is 0 Å². The Labute approximate surface area is 156 Å². The van der Waals surface area contributed by atoms with Crippen LogP contribution in [0.3, 0.4) is 0 Å². The summed E-state index contributed by atoms with van der Waals surface area (Å²) in [5.74, 6) is -10.4. The van der Waals surface area contributed by atoms with Crippen molar-refractivity contribution in [1.29, 1.82) is 0 Å². The van der Waals surface area contributed by atoms with Gasteiger partial charge in [0.05, 0.1) is 12.8 Å². The minimum absolute atomic E-state index is 0.708. The predicted molar refractivity (Wildman–Crippen MR) is 88.7 cm³/mol. The summed E-state index contributed by atoms with van der Waals surface area (Å²) in [6.07, 6.45) is -2.66. The molecule has 0 heterocycles. The number of hydrogen-bond acceptors (Lipinski definition) is 8. The third-order valence-electron chi connectivity index (χ3n) is 3.85. The first-order chi connectivity index (χ1) is 12.8. The highest BCUT2D eigenvalue weighted by Gasteiger charge is 2.49. The van der Waals surface area contributed by atoms with Crippen molar-refractivity contribution < 1.29 is 49.2 Å². The third-order valence-corrected chi connectivity index (χ3v) is 3.85. The summed E-state index contributed by atoms with van der Waals surface area (Å²) >= 11 is 0. The lowest BCUT2D eigenvalue weighted by Gasteiger charge is -2.25. The maximum Gasteiger partial charge on any atom is 0.332 e. The van der Waals surface area contributed by atoms with E-state index in [0.29, 0.717) is 0 Å². The molecule has 0 bridgehead atoms. The molecular formula is C16H16N2O10. The van der Waals surface area contributed by atoms with Crippen molar-refractivity contribution in [3.05, 3.63) is 35.4 Å². The lowest BCUT2D eigenvalue weighted by molar-refractivity contribution is -0.147. The average molecular weight is 396 g/mol. The Morgan fingerprint density at radius 3 is 1.18 bits per heavy atom. The molecule has 28 heavy (non-hydrogen) atoms. The fourth-order valence-corrected chi connectivity index (χ4v) is 2.34. The normalized spacial score (nSPS) is 14.9. The molecule has 0 amide bonds. The summed E-state index contributed by atoms with van der Waals surface area (Å²) in [5, 5.41) is 36.1. The largest absolute Gasteiger partial charge is 0.481 e. The molecule has 150 valence electrons. The van der Waals surface area contributed by atoms with Crippen LogP contribution in [-0.2, 0) is 19.2 Å². The van der Waals surface area contributed by atoms with Crippen molar-refractivity contribution in [2.45, 2.75) is 23.9 Å². The van der Waals surface area contributed by atoms with Gasteiger partial charge in [-0.25, -0.2) is 9.59 Å². The summed E-state index contributed by atoms with van der Waals surface area (Å²) in [5.41, 5.74) is 3.56. The minimum Gasteiger partial charge on any atom is -0.481 e. The number of carbonyl (C=O) groups excluding carboxylic acids is 2. The van der Waals surface area contributed by atoms with Crippen LogP contribution in [0.15, 0.2) is 24.3 Å². The van der Waals surface area contributed by atoms with Gasteiger partial charge in [-0.05, 0) is 0 Å². The molecular weight excluding hydrogens is 380 g/mol. The van der Waals surface area contributed by atoms with Crippen molar-refractivity contribution in [3.63, 3.8) is 0 Å². The van der Waals surface area contributed by atoms with Gasteiger partial charge in [0.1, 0.15) is 0 Å². The molecule has 12 nitrogen and oxygen atoms in total. The number of rotatable bonds is 10. The molecule has 0 aromatic heterocycles. The quantitative estimate of drug-likeness (QED) is 0.197. The topological polar surface area (TPSA) is 235 Å². The monoisotopic (exact) mass is 396 g/mol. The molecule has 2 unspecified atom stereocenters. The molecule has 1 aromatic carbocycles. The highest BCUT2D eigenvalue weighted by molar-refractivity contribution is 6.25. The van der Waals surface area contributed by atoms with Crippen LogP contribution in [0.2, 0.25) is 0 Å². The van der Waals surface area contributed by atoms with Crippen LogP contribution in [0.1, 0.15) is 33.6 Å². The molecule has 0 aliphatic rings. The van der Waals surface area contributed by atoms with Gasteiger partial charge in [-0.3, -0.25) is 19.2 Å². The van der Waals surface area contributed by atoms with Gasteiger partial charge in [-0.2, -0.15) is 0 Å². The summed E-state index contributed by atoms with van der Waals surface area (Å²) in [7, 11) is 0. The van der Waals surface area contributed by atoms with Crippen molar-refractivity contribution in [3.8, 4) is 0 Å². The zero-order valence-corrected chi connectivity index (χ0v) is 14.1. The van der Waals surface area contributed by atoms with Gasteiger partial charge in [0.2, 0.25) is 0 Å². The van der Waals surface area contributed by atoms with Crippen molar-refractivity contribution in [2.75, 3.05) is 0 Å². The summed E-state index contributed by atoms with van der Waals surface area (Å²) in [6.45, 7) is 0. The van der Waals surface area contributed by atoms with E-state index in [0.717, 1.165) is 12.1 Å². The predicted octanol–water partition coefficient (Wildman–Crippen LogP) is -1.43. The lowest BCUT2D eigenvalue weighted by atomic mass is 9.80. The molecule has 1 aromatic rings. The smallest absolute Gasteiger partial charge is 0.332 e. The van der Waals surface area contributed by atoms with Gasteiger partial charge >= 0.3 is 23.9 Å². The van der Waals surface area contributed by atoms with E-state index >= 15 is 0 Å². The zero-order valence-electron chi connectivity index (χ0n) is 14.1. The first kappa shape index (κ1) is 22.4. The van der Waals surface area contributed by atoms with Crippen LogP contribution in [0.5, 0.6) is 0 Å². The second kappa shape index (κ2) is 7.94. The van der Waals surface area contributed by atoms with Gasteiger partial charge in [0.25, 0.3) is 0 Å². The minimum atomic E-state index is -2.96. The van der Waals surface area contributed by atoms with Crippen LogP contribution >= 0.6 is 0 Å². The second-order valence-electron chi connectivity index (χ2n) is 5.90. The van der Waals surface area contributed by atoms with E-state index in [4.69, 9.17) is 21.7 Å². The fourth-order valence-electron chi connectivity index (χ4n) is 2.34. The number of ketones is 2. The summed E-state index contributed by atoms with van der Waals surface area (Å²) in [4.78, 5) is 70.0. The molecule has 12 heteroatoms. The highest BCUT2D eigenvalue weighted by Crippen LogP contribution is 2.24. The van der Waals surface area contributed by atoms with E-state index in [-0.39, 0.29) is 0 Å². The molecule has 0 aliphatic carbocycles. The van der Waals surface area contributed by atoms with Crippen molar-refractivity contribution in [1.82, 2.24) is 0 Å². The molecule has 0 saturated heterocycles. The van der Waals surface area contributed by atoms with E-state index in [1.54, 1.807) is 0 Å². The number of carbonyl (C=O) groups is 6. The van der Waals surface area contributed by atoms with Gasteiger partial charge in [0.15, 0.2) is 22.6 Å². The highest BCUT2D eigenvalue weighted by atomic mass is 16.4. The lowest BCUT2D eigenvalue weighted by Crippen LogP contribution is -2.58. The second-order valence-corrected chi connectivity index (χ2v) is 5.90. The van der Waals surface area contributed by atoms with Crippen LogP contribution in [0.25, 0.3) is 0 Å². The SMILES string of the molecule is NC(CC(=O)O)(C(=O)O)C(=O)c1ccccc1C(=O)C(N)(CC(=O)O)C(=O)O. The number of carboxylic acids is 4. The molecule has 8 N–H and O–H groups in total. The molecule has 2 atom stereocenters. The zero-order chi connectivity index (χ0) is 21.9. The molecule has 0 radical (unpaired) electrons. The molecule has 0 fully saturated rings. The van der Waals surface area contributed by atoms with E-state index < -0.39 is 70.5 Å². The molecule has 1 rings (SSSR count). The number of nitrogens with two attached hydrogens (primary N) is 2. The maximum absolute atomic E-state index is 12.7. The third kappa shape index (κ3) is 4.19. The molecule has 0 saturated carbocycles. The number of Topliss-reactive ketones (excluding diaryl/α,β-unsaturated/α-hetero) is 2. The van der Waals surface area contributed by atoms with Crippen molar-refractivity contribution in [2.24, 2.45) is 11.5 Å². The Morgan fingerprint density at radius 2 is 0.964 bits per heavy atom. The standard InChI is InChI=1S/C16H16N2O10/c17-15(13(25)26,5-9(19)20)11(23)7-3-1-2-4-8(7)12(24)16(18,14(27)28)6-10(21)22/h1-4H,5-6,17-18H2,(H,19,20)(H,21,22)(H,25,26)(H,27,28). The Hall–Kier alpha value is -3.64. The molecule has 0 aliphatic heterocycles. The fraction of sp³-hybridized carbons (Fsp3) is 0.250. The first-order valence-corrected chi connectivity index (χ1v) is 7.44. The van der Waals surface area contributed by atoms with Gasteiger partial charge in [-0.15, -0.1) is 0 Å². The summed E-state index contributed by atoms with van der Waals surface area (Å²) in [6, 6.07) is 4.21. The van der Waals surface area contributed by atoms with E-state index in [2.05, 4.69) is 0 Å². The Bertz CT molecular complexity index is 809. The summed E-state index contributed by atoms with van der Waals surface area (Å²) < 4.78 is 0. The Balaban J connectivity index is 3.60. The van der Waals surface area contributed by atoms with Crippen LogP contribution in [-0.4, -0.2) is 66.9 Å². The average Bonchev–Trinajstić information content (AvgIpc) is 2.58. The van der Waals surface area contributed by atoms with E-state index in [9.17, 15) is 39.0 Å². The first-order valence-electron chi connectivity index (χ1n) is 7.44. The van der Waals surface area contributed by atoms with Gasteiger partial charge in [0, 0.05) is 11.1 Å².